The number of imidazole rings is 2. The average molecular weight is 657 g/mol. The Balaban J connectivity index is 1.20. The van der Waals surface area contributed by atoms with Crippen LogP contribution in [0.1, 0.15) is 12.5 Å². The molecule has 9 unspecified atom stereocenters. The van der Waals surface area contributed by atoms with E-state index in [4.69, 9.17) is 34.2 Å². The highest BCUT2D eigenvalue weighted by Gasteiger charge is 2.53. The van der Waals surface area contributed by atoms with Crippen LogP contribution in [0.25, 0.3) is 22.3 Å². The van der Waals surface area contributed by atoms with Crippen molar-refractivity contribution in [3.8, 4) is 0 Å². The second-order valence-corrected chi connectivity index (χ2v) is 12.9. The van der Waals surface area contributed by atoms with Crippen molar-refractivity contribution in [3.63, 3.8) is 0 Å². The van der Waals surface area contributed by atoms with Gasteiger partial charge in [-0.3, -0.25) is 18.2 Å². The lowest BCUT2D eigenvalue weighted by Crippen LogP contribution is -2.44. The van der Waals surface area contributed by atoms with E-state index in [2.05, 4.69) is 29.6 Å². The number of fused-ring (bicyclic) bond motifs is 5. The molecule has 0 aromatic carbocycles. The monoisotopic (exact) mass is 656 g/mol. The van der Waals surface area contributed by atoms with Gasteiger partial charge in [-0.05, 0) is 6.07 Å². The number of phosphoric ester groups is 1. The van der Waals surface area contributed by atoms with Gasteiger partial charge >= 0.3 is 18.1 Å². The van der Waals surface area contributed by atoms with Gasteiger partial charge in [-0.1, -0.05) is 0 Å². The fourth-order valence-corrected chi connectivity index (χ4v) is 7.24. The van der Waals surface area contributed by atoms with Gasteiger partial charge in [0.1, 0.15) is 47.9 Å². The SMILES string of the molecule is Nc1ncnc2c1ncn2C1OC2CNS(=O)(=O)OC3C(O)C(COP(=O)(O)OC2C1O)OC3n1cnc2c(N)ccnc21. The Kier molecular flexibility index (Phi) is 7.06. The molecule has 0 saturated carbocycles. The van der Waals surface area contributed by atoms with Crippen LogP contribution >= 0.6 is 7.82 Å². The topological polar surface area (TPSA) is 296 Å². The molecule has 0 aliphatic carbocycles. The highest BCUT2D eigenvalue weighted by atomic mass is 32.2. The third-order valence-corrected chi connectivity index (χ3v) is 9.39. The summed E-state index contributed by atoms with van der Waals surface area (Å²) in [5.41, 5.74) is 12.9. The van der Waals surface area contributed by atoms with Crippen LogP contribution in [0.4, 0.5) is 11.5 Å². The lowest BCUT2D eigenvalue weighted by molar-refractivity contribution is -0.0542. The Labute approximate surface area is 246 Å². The van der Waals surface area contributed by atoms with E-state index in [1.165, 1.54) is 34.1 Å². The summed E-state index contributed by atoms with van der Waals surface area (Å²) < 4.78 is 71.7. The average Bonchev–Trinajstić information content (AvgIpc) is 3.73. The molecule has 0 radical (unpaired) electrons. The van der Waals surface area contributed by atoms with Crippen molar-refractivity contribution in [2.45, 2.75) is 49.1 Å². The number of hydrogen-bond donors (Lipinski definition) is 6. The minimum absolute atomic E-state index is 0.0542. The molecule has 9 atom stereocenters. The first kappa shape index (κ1) is 29.3. The van der Waals surface area contributed by atoms with E-state index in [1.807, 2.05) is 0 Å². The maximum Gasteiger partial charge on any atom is 0.472 e. The summed E-state index contributed by atoms with van der Waals surface area (Å²) in [7, 11) is -9.69. The molecule has 7 heterocycles. The summed E-state index contributed by atoms with van der Waals surface area (Å²) in [6.45, 7) is -1.37. The number of anilines is 2. The number of aliphatic hydroxyl groups is 2. The summed E-state index contributed by atoms with van der Waals surface area (Å²) in [5, 5.41) is 22.1. The first-order valence-corrected chi connectivity index (χ1v) is 15.8. The van der Waals surface area contributed by atoms with Crippen LogP contribution in [0.5, 0.6) is 0 Å². The van der Waals surface area contributed by atoms with Gasteiger partial charge in [0.25, 0.3) is 0 Å². The van der Waals surface area contributed by atoms with Gasteiger partial charge in [-0.25, -0.2) is 33.7 Å². The van der Waals surface area contributed by atoms with E-state index in [1.54, 1.807) is 0 Å². The maximum atomic E-state index is 13.2. The largest absolute Gasteiger partial charge is 0.472 e. The number of pyridine rings is 1. The highest BCUT2D eigenvalue weighted by Crippen LogP contribution is 2.49. The van der Waals surface area contributed by atoms with Crippen LogP contribution in [-0.2, 0) is 37.6 Å². The highest BCUT2D eigenvalue weighted by molar-refractivity contribution is 7.84. The molecule has 0 amide bonds. The number of hydrogen-bond acceptors (Lipinski definition) is 17. The molecule has 8 N–H and O–H groups in total. The van der Waals surface area contributed by atoms with Crippen LogP contribution in [-0.4, -0.2) is 107 Å². The van der Waals surface area contributed by atoms with Crippen molar-refractivity contribution in [1.82, 2.24) is 38.8 Å². The predicted octanol–water partition coefficient (Wildman–Crippen LogP) is -2.31. The summed E-state index contributed by atoms with van der Waals surface area (Å²) in [5.74, 6) is 0.0542. The number of nitrogens with zero attached hydrogens (tertiary/aromatic N) is 7. The summed E-state index contributed by atoms with van der Waals surface area (Å²) in [4.78, 5) is 31.0. The van der Waals surface area contributed by atoms with E-state index >= 15 is 0 Å². The van der Waals surface area contributed by atoms with Crippen LogP contribution in [0.2, 0.25) is 0 Å². The normalized spacial score (nSPS) is 36.1. The zero-order valence-electron chi connectivity index (χ0n) is 22.2. The van der Waals surface area contributed by atoms with Crippen molar-refractivity contribution in [2.75, 3.05) is 24.6 Å². The molecule has 3 aliphatic rings. The van der Waals surface area contributed by atoms with Crippen molar-refractivity contribution >= 4 is 52.0 Å². The molecule has 44 heavy (non-hydrogen) atoms. The second-order valence-electron chi connectivity index (χ2n) is 10.1. The van der Waals surface area contributed by atoms with Gasteiger partial charge in [0.15, 0.2) is 35.7 Å². The molecule has 7 rings (SSSR count). The molecule has 4 aromatic rings. The number of rotatable bonds is 2. The zero-order valence-corrected chi connectivity index (χ0v) is 23.9. The van der Waals surface area contributed by atoms with Crippen molar-refractivity contribution in [1.29, 1.82) is 0 Å². The van der Waals surface area contributed by atoms with Gasteiger partial charge in [0.2, 0.25) is 0 Å². The first-order valence-electron chi connectivity index (χ1n) is 12.9. The molecule has 23 heteroatoms. The van der Waals surface area contributed by atoms with Gasteiger partial charge in [0, 0.05) is 12.7 Å². The second kappa shape index (κ2) is 10.6. The molecule has 21 nitrogen and oxygen atoms in total. The smallest absolute Gasteiger partial charge is 0.397 e. The molecular formula is C21H25N10O11PS. The Morgan fingerprint density at radius 2 is 1.64 bits per heavy atom. The van der Waals surface area contributed by atoms with Crippen LogP contribution in [0, 0.1) is 0 Å². The summed E-state index contributed by atoms with van der Waals surface area (Å²) in [6, 6.07) is 1.51. The molecule has 3 fully saturated rings. The molecule has 236 valence electrons. The third-order valence-electron chi connectivity index (χ3n) is 7.41. The molecular weight excluding hydrogens is 631 g/mol. The van der Waals surface area contributed by atoms with Gasteiger partial charge < -0.3 is 36.0 Å². The van der Waals surface area contributed by atoms with Gasteiger partial charge in [0.05, 0.1) is 24.9 Å². The van der Waals surface area contributed by atoms with E-state index < -0.39 is 80.4 Å². The minimum atomic E-state index is -5.00. The number of phosphoric acid groups is 1. The summed E-state index contributed by atoms with van der Waals surface area (Å²) in [6.07, 6.45) is -6.90. The van der Waals surface area contributed by atoms with Crippen LogP contribution < -0.4 is 16.2 Å². The quantitative estimate of drug-likeness (QED) is 0.123. The Hall–Kier alpha value is -3.41. The Morgan fingerprint density at radius 1 is 0.932 bits per heavy atom. The van der Waals surface area contributed by atoms with Crippen molar-refractivity contribution in [2.24, 2.45) is 0 Å². The van der Waals surface area contributed by atoms with E-state index in [9.17, 15) is 28.1 Å². The molecule has 4 aromatic heterocycles. The van der Waals surface area contributed by atoms with Crippen molar-refractivity contribution in [3.05, 3.63) is 31.2 Å². The molecule has 3 aliphatic heterocycles. The van der Waals surface area contributed by atoms with Gasteiger partial charge in [-0.15, -0.1) is 0 Å². The number of nitrogen functional groups attached to an aromatic ring is 2. The number of aromatic nitrogens is 7. The maximum absolute atomic E-state index is 13.2. The Bertz CT molecular complexity index is 1890. The number of nitrogens with two attached hydrogens (primary N) is 2. The van der Waals surface area contributed by atoms with Crippen LogP contribution in [0.3, 0.4) is 0 Å². The van der Waals surface area contributed by atoms with E-state index in [0.717, 1.165) is 6.33 Å². The Morgan fingerprint density at radius 3 is 2.43 bits per heavy atom. The van der Waals surface area contributed by atoms with E-state index in [-0.39, 0.29) is 33.8 Å². The molecule has 3 saturated heterocycles. The zero-order chi connectivity index (χ0) is 31.0. The fourth-order valence-electron chi connectivity index (χ4n) is 5.34. The van der Waals surface area contributed by atoms with Crippen LogP contribution in [0.15, 0.2) is 31.2 Å². The molecule has 0 spiro atoms. The number of aliphatic hydroxyl groups excluding tert-OH is 2. The fraction of sp³-hybridized carbons (Fsp3) is 0.476. The lowest BCUT2D eigenvalue weighted by Gasteiger charge is -2.24. The number of ether oxygens (including phenoxy) is 2. The predicted molar refractivity (Wildman–Crippen MR) is 144 cm³/mol. The van der Waals surface area contributed by atoms with Gasteiger partial charge in [-0.2, -0.15) is 13.1 Å². The minimum Gasteiger partial charge on any atom is -0.397 e. The standard InChI is InChI=1S/C21H25N10O11PS/c22-8-1-2-24-18-11(8)27-6-31(18)21-16-13(32)10(40-21)4-38-43(34,35)41-15-9(3-29-44(36,37)42-16)39-20(14(15)33)30-7-28-12-17(23)25-5-26-19(12)30/h1-2,5-7,9-10,13-16,20-21,29,32-33H,3-4H2,(H2,22,24)(H,34,35)(H2,23,25,26). The van der Waals surface area contributed by atoms with Crippen molar-refractivity contribution < 1.29 is 50.8 Å². The molecule has 2 bridgehead atoms. The summed E-state index contributed by atoms with van der Waals surface area (Å²) >= 11 is 0. The third kappa shape index (κ3) is 4.98. The van der Waals surface area contributed by atoms with E-state index in [0.29, 0.717) is 0 Å². The lowest BCUT2D eigenvalue weighted by atomic mass is 10.1. The number of nitrogens with one attached hydrogen (secondary N) is 1. The first-order chi connectivity index (χ1) is 20.9.